The Balaban J connectivity index is 0.00000120. The van der Waals surface area contributed by atoms with Gasteiger partial charge in [0, 0.05) is 23.3 Å². The van der Waals surface area contributed by atoms with Crippen LogP contribution in [0, 0.1) is 0 Å². The lowest BCUT2D eigenvalue weighted by Crippen LogP contribution is -1.90. The van der Waals surface area contributed by atoms with Crippen LogP contribution in [0.3, 0.4) is 0 Å². The van der Waals surface area contributed by atoms with Crippen LogP contribution in [0.5, 0.6) is 5.75 Å². The first-order chi connectivity index (χ1) is 8.36. The van der Waals surface area contributed by atoms with Gasteiger partial charge in [0.2, 0.25) is 0 Å². The summed E-state index contributed by atoms with van der Waals surface area (Å²) in [5, 5.41) is 2.03. The van der Waals surface area contributed by atoms with Crippen LogP contribution in [0.4, 0.5) is 0 Å². The second-order valence-electron chi connectivity index (χ2n) is 3.68. The summed E-state index contributed by atoms with van der Waals surface area (Å²) < 4.78 is 7.46. The normalized spacial score (nSPS) is 10.3. The predicted molar refractivity (Wildman–Crippen MR) is 80.0 cm³/mol. The Labute approximate surface area is 120 Å². The summed E-state index contributed by atoms with van der Waals surface area (Å²) in [4.78, 5) is 5.58. The predicted octanol–water partition coefficient (Wildman–Crippen LogP) is 4.04. The van der Waals surface area contributed by atoms with Crippen molar-refractivity contribution >= 4 is 33.3 Å². The van der Waals surface area contributed by atoms with Crippen LogP contribution in [0.1, 0.15) is 6.92 Å². The number of ether oxygens (including phenoxy) is 1. The van der Waals surface area contributed by atoms with Gasteiger partial charge in [-0.25, -0.2) is 4.98 Å². The number of halogens is 1. The highest BCUT2D eigenvalue weighted by Gasteiger charge is 2.04. The fraction of sp³-hybridized carbons (Fsp3) is 0.154. The van der Waals surface area contributed by atoms with E-state index in [0.29, 0.717) is 6.61 Å². The molecular weight excluding hydrogens is 312 g/mol. The Morgan fingerprint density at radius 3 is 2.72 bits per heavy atom. The number of nitrogens with zero attached hydrogens (tertiary/aromatic N) is 2. The van der Waals surface area contributed by atoms with E-state index in [9.17, 15) is 0 Å². The van der Waals surface area contributed by atoms with Gasteiger partial charge < -0.3 is 4.74 Å². The number of thiazole rings is 1. The quantitative estimate of drug-likeness (QED) is 0.726. The second kappa shape index (κ2) is 5.54. The smallest absolute Gasteiger partial charge is 0.194 e. The molecule has 0 unspecified atom stereocenters. The Morgan fingerprint density at radius 1 is 1.28 bits per heavy atom. The summed E-state index contributed by atoms with van der Waals surface area (Å²) in [5.41, 5.74) is 2.12. The topological polar surface area (TPSA) is 26.5 Å². The maximum absolute atomic E-state index is 5.42. The molecule has 5 heteroatoms. The summed E-state index contributed by atoms with van der Waals surface area (Å²) in [6.07, 6.45) is 4.06. The molecule has 0 aliphatic carbocycles. The lowest BCUT2D eigenvalue weighted by atomic mass is 10.2. The standard InChI is InChI=1S/C13H12N2OS.BrH/c1-2-16-11-5-3-10(4-6-11)12-9-15-7-8-17-13(15)14-12;/h3-9H,2H2,1H3;1H. The van der Waals surface area contributed by atoms with Gasteiger partial charge >= 0.3 is 0 Å². The molecular formula is C13H13BrN2OS. The Bertz CT molecular complexity index is 601. The summed E-state index contributed by atoms with van der Waals surface area (Å²) >= 11 is 1.64. The van der Waals surface area contributed by atoms with Crippen LogP contribution in [0.15, 0.2) is 42.0 Å². The number of imidazole rings is 1. The molecule has 0 bridgehead atoms. The zero-order valence-electron chi connectivity index (χ0n) is 9.87. The molecule has 0 saturated heterocycles. The van der Waals surface area contributed by atoms with Crippen molar-refractivity contribution in [2.24, 2.45) is 0 Å². The van der Waals surface area contributed by atoms with E-state index in [1.165, 1.54) is 0 Å². The minimum atomic E-state index is 0. The Hall–Kier alpha value is -1.33. The van der Waals surface area contributed by atoms with Crippen molar-refractivity contribution in [3.05, 3.63) is 42.0 Å². The molecule has 3 nitrogen and oxygen atoms in total. The third-order valence-electron chi connectivity index (χ3n) is 2.55. The van der Waals surface area contributed by atoms with Crippen molar-refractivity contribution in [3.63, 3.8) is 0 Å². The van der Waals surface area contributed by atoms with Gasteiger partial charge in [0.25, 0.3) is 0 Å². The van der Waals surface area contributed by atoms with Crippen LogP contribution in [0.25, 0.3) is 16.2 Å². The zero-order valence-corrected chi connectivity index (χ0v) is 12.4. The van der Waals surface area contributed by atoms with Gasteiger partial charge in [-0.15, -0.1) is 28.3 Å². The minimum absolute atomic E-state index is 0. The van der Waals surface area contributed by atoms with Crippen molar-refractivity contribution in [1.82, 2.24) is 9.38 Å². The molecule has 0 spiro atoms. The largest absolute Gasteiger partial charge is 0.494 e. The highest BCUT2D eigenvalue weighted by Crippen LogP contribution is 2.23. The number of hydrogen-bond acceptors (Lipinski definition) is 3. The van der Waals surface area contributed by atoms with Gasteiger partial charge in [0.05, 0.1) is 12.3 Å². The number of aromatic nitrogens is 2. The number of rotatable bonds is 3. The highest BCUT2D eigenvalue weighted by molar-refractivity contribution is 8.93. The van der Waals surface area contributed by atoms with E-state index < -0.39 is 0 Å². The van der Waals surface area contributed by atoms with E-state index in [2.05, 4.69) is 4.98 Å². The molecule has 0 amide bonds. The summed E-state index contributed by atoms with van der Waals surface area (Å²) in [6.45, 7) is 2.68. The van der Waals surface area contributed by atoms with Crippen molar-refractivity contribution in [1.29, 1.82) is 0 Å². The van der Waals surface area contributed by atoms with Crippen LogP contribution < -0.4 is 4.74 Å². The first-order valence-corrected chi connectivity index (χ1v) is 6.40. The van der Waals surface area contributed by atoms with E-state index in [4.69, 9.17) is 4.74 Å². The Morgan fingerprint density at radius 2 is 2.06 bits per heavy atom. The first kappa shape index (κ1) is 13.1. The SMILES string of the molecule is Br.CCOc1ccc(-c2cn3ccsc3n2)cc1. The average molecular weight is 325 g/mol. The molecule has 18 heavy (non-hydrogen) atoms. The maximum Gasteiger partial charge on any atom is 0.194 e. The number of benzene rings is 1. The number of fused-ring (bicyclic) bond motifs is 1. The van der Waals surface area contributed by atoms with Crippen LogP contribution >= 0.6 is 28.3 Å². The van der Waals surface area contributed by atoms with E-state index in [1.807, 2.05) is 53.4 Å². The van der Waals surface area contributed by atoms with E-state index >= 15 is 0 Å². The van der Waals surface area contributed by atoms with E-state index in [1.54, 1.807) is 11.3 Å². The molecule has 0 fully saturated rings. The van der Waals surface area contributed by atoms with Gasteiger partial charge in [-0.3, -0.25) is 4.40 Å². The summed E-state index contributed by atoms with van der Waals surface area (Å²) in [6, 6.07) is 8.04. The van der Waals surface area contributed by atoms with Crippen molar-refractivity contribution in [3.8, 4) is 17.0 Å². The molecule has 2 aromatic heterocycles. The number of hydrogen-bond donors (Lipinski definition) is 0. The Kier molecular flexibility index (Phi) is 4.04. The monoisotopic (exact) mass is 324 g/mol. The van der Waals surface area contributed by atoms with Crippen LogP contribution in [-0.2, 0) is 0 Å². The van der Waals surface area contributed by atoms with Crippen molar-refractivity contribution in [2.75, 3.05) is 6.61 Å². The minimum Gasteiger partial charge on any atom is -0.494 e. The lowest BCUT2D eigenvalue weighted by Gasteiger charge is -2.02. The van der Waals surface area contributed by atoms with Gasteiger partial charge in [0.1, 0.15) is 5.75 Å². The summed E-state index contributed by atoms with van der Waals surface area (Å²) in [7, 11) is 0. The molecule has 0 N–H and O–H groups in total. The molecule has 0 aliphatic rings. The molecule has 0 radical (unpaired) electrons. The summed E-state index contributed by atoms with van der Waals surface area (Å²) in [5.74, 6) is 0.900. The van der Waals surface area contributed by atoms with E-state index in [0.717, 1.165) is 22.0 Å². The molecule has 0 saturated carbocycles. The highest BCUT2D eigenvalue weighted by atomic mass is 79.9. The third kappa shape index (κ3) is 2.42. The maximum atomic E-state index is 5.42. The third-order valence-corrected chi connectivity index (χ3v) is 3.33. The molecule has 2 heterocycles. The fourth-order valence-electron chi connectivity index (χ4n) is 1.76. The molecule has 0 aliphatic heterocycles. The van der Waals surface area contributed by atoms with Crippen LogP contribution in [0.2, 0.25) is 0 Å². The van der Waals surface area contributed by atoms with Gasteiger partial charge in [-0.05, 0) is 31.2 Å². The first-order valence-electron chi connectivity index (χ1n) is 5.52. The molecule has 3 rings (SSSR count). The lowest BCUT2D eigenvalue weighted by molar-refractivity contribution is 0.340. The second-order valence-corrected chi connectivity index (χ2v) is 4.55. The zero-order chi connectivity index (χ0) is 11.7. The molecule has 1 aromatic carbocycles. The molecule has 3 aromatic rings. The molecule has 0 atom stereocenters. The van der Waals surface area contributed by atoms with Gasteiger partial charge in [-0.1, -0.05) is 0 Å². The van der Waals surface area contributed by atoms with Crippen LogP contribution in [-0.4, -0.2) is 16.0 Å². The van der Waals surface area contributed by atoms with Gasteiger partial charge in [0.15, 0.2) is 4.96 Å². The van der Waals surface area contributed by atoms with Crippen molar-refractivity contribution < 1.29 is 4.74 Å². The van der Waals surface area contributed by atoms with Crippen molar-refractivity contribution in [2.45, 2.75) is 6.92 Å². The average Bonchev–Trinajstić information content (AvgIpc) is 2.90. The molecule has 94 valence electrons. The van der Waals surface area contributed by atoms with E-state index in [-0.39, 0.29) is 17.0 Å². The fourth-order valence-corrected chi connectivity index (χ4v) is 2.46. The van der Waals surface area contributed by atoms with Gasteiger partial charge in [-0.2, -0.15) is 0 Å².